The van der Waals surface area contributed by atoms with Crippen molar-refractivity contribution in [1.82, 2.24) is 4.90 Å². The molecule has 1 aliphatic rings. The summed E-state index contributed by atoms with van der Waals surface area (Å²) in [6, 6.07) is 8.45. The molecule has 2 rings (SSSR count). The zero-order valence-electron chi connectivity index (χ0n) is 15.7. The van der Waals surface area contributed by atoms with Gasteiger partial charge in [0.05, 0.1) is 11.2 Å². The van der Waals surface area contributed by atoms with Crippen molar-refractivity contribution in [2.75, 3.05) is 7.05 Å². The van der Waals surface area contributed by atoms with Crippen LogP contribution >= 0.6 is 0 Å². The van der Waals surface area contributed by atoms with Gasteiger partial charge in [0, 0.05) is 11.3 Å². The highest BCUT2D eigenvalue weighted by Gasteiger charge is 2.40. The second-order valence-corrected chi connectivity index (χ2v) is 5.89. The molecule has 0 radical (unpaired) electrons. The molecule has 120 valence electrons. The second-order valence-electron chi connectivity index (χ2n) is 5.89. The van der Waals surface area contributed by atoms with E-state index < -0.39 is 0 Å². The molecule has 0 saturated heterocycles. The molecule has 21 heavy (non-hydrogen) atoms. The predicted molar refractivity (Wildman–Crippen MR) is 96.8 cm³/mol. The van der Waals surface area contributed by atoms with E-state index >= 15 is 0 Å². The van der Waals surface area contributed by atoms with Gasteiger partial charge in [0.25, 0.3) is 0 Å². The summed E-state index contributed by atoms with van der Waals surface area (Å²) in [6.07, 6.45) is 0. The molecule has 0 amide bonds. The summed E-state index contributed by atoms with van der Waals surface area (Å²) in [6.45, 7) is 19.1. The lowest BCUT2D eigenvalue weighted by Crippen LogP contribution is -2.54. The van der Waals surface area contributed by atoms with Gasteiger partial charge in [0.2, 0.25) is 0 Å². The van der Waals surface area contributed by atoms with Crippen molar-refractivity contribution >= 4 is 11.4 Å². The highest BCUT2D eigenvalue weighted by molar-refractivity contribution is 5.93. The van der Waals surface area contributed by atoms with Gasteiger partial charge < -0.3 is 0 Å². The number of rotatable bonds is 0. The van der Waals surface area contributed by atoms with Crippen LogP contribution in [-0.4, -0.2) is 23.2 Å². The van der Waals surface area contributed by atoms with E-state index in [4.69, 9.17) is 4.99 Å². The molecule has 0 aliphatic carbocycles. The third-order valence-corrected chi connectivity index (χ3v) is 4.41. The molecule has 0 saturated carbocycles. The summed E-state index contributed by atoms with van der Waals surface area (Å²) in [5.74, 6) is 0. The maximum absolute atomic E-state index is 4.81. The molecule has 1 aromatic carbocycles. The van der Waals surface area contributed by atoms with Gasteiger partial charge in [-0.25, -0.2) is 0 Å². The first-order valence-electron chi connectivity index (χ1n) is 8.17. The van der Waals surface area contributed by atoms with Gasteiger partial charge in [-0.05, 0) is 53.3 Å². The molecule has 0 fully saturated rings. The van der Waals surface area contributed by atoms with Gasteiger partial charge in [-0.15, -0.1) is 0 Å². The lowest BCUT2D eigenvalue weighted by Gasteiger charge is -2.45. The largest absolute Gasteiger partial charge is 0.287 e. The van der Waals surface area contributed by atoms with Gasteiger partial charge in [0.15, 0.2) is 0 Å². The Bertz CT molecular complexity index is 470. The van der Waals surface area contributed by atoms with Crippen molar-refractivity contribution in [3.05, 3.63) is 29.8 Å². The monoisotopic (exact) mass is 290 g/mol. The summed E-state index contributed by atoms with van der Waals surface area (Å²) in [7, 11) is 2.18. The number of hydrogen-bond acceptors (Lipinski definition) is 2. The summed E-state index contributed by atoms with van der Waals surface area (Å²) in [4.78, 5) is 7.22. The standard InChI is InChI=1S/C15H22N2.2C2H6/c1-11-14(2,3)17(6)15(4,5)12-9-7-8-10-13(12)16-11;2*1-2/h7-10H,1-6H3;2*1-2H3. The Labute approximate surface area is 132 Å². The van der Waals surface area contributed by atoms with Crippen molar-refractivity contribution in [2.45, 2.75) is 73.4 Å². The highest BCUT2D eigenvalue weighted by Crippen LogP contribution is 2.41. The van der Waals surface area contributed by atoms with Crippen LogP contribution in [0, 0.1) is 0 Å². The van der Waals surface area contributed by atoms with E-state index in [2.05, 4.69) is 70.8 Å². The van der Waals surface area contributed by atoms with E-state index in [9.17, 15) is 0 Å². The summed E-state index contributed by atoms with van der Waals surface area (Å²) in [5.41, 5.74) is 3.53. The van der Waals surface area contributed by atoms with Crippen molar-refractivity contribution in [2.24, 2.45) is 4.99 Å². The third-order valence-electron chi connectivity index (χ3n) is 4.41. The first-order valence-corrected chi connectivity index (χ1v) is 8.17. The highest BCUT2D eigenvalue weighted by atomic mass is 15.2. The third kappa shape index (κ3) is 3.74. The predicted octanol–water partition coefficient (Wildman–Crippen LogP) is 5.79. The van der Waals surface area contributed by atoms with Gasteiger partial charge in [-0.1, -0.05) is 45.9 Å². The molecule has 1 aliphatic heterocycles. The number of para-hydroxylation sites is 1. The maximum Gasteiger partial charge on any atom is 0.0680 e. The fourth-order valence-corrected chi connectivity index (χ4v) is 2.53. The second kappa shape index (κ2) is 7.74. The smallest absolute Gasteiger partial charge is 0.0680 e. The first-order chi connectivity index (χ1) is 9.78. The number of fused-ring (bicyclic) bond motifs is 1. The molecule has 0 aromatic heterocycles. The number of hydrogen-bond donors (Lipinski definition) is 0. The molecular formula is C19H34N2. The Hall–Kier alpha value is -1.15. The minimum atomic E-state index is -0.0253. The van der Waals surface area contributed by atoms with Gasteiger partial charge >= 0.3 is 0 Å². The molecule has 0 unspecified atom stereocenters. The molecular weight excluding hydrogens is 256 g/mol. The molecule has 0 spiro atoms. The maximum atomic E-state index is 4.81. The Morgan fingerprint density at radius 2 is 1.33 bits per heavy atom. The van der Waals surface area contributed by atoms with Crippen LogP contribution in [-0.2, 0) is 5.54 Å². The van der Waals surface area contributed by atoms with Crippen LogP contribution in [0.2, 0.25) is 0 Å². The van der Waals surface area contributed by atoms with E-state index in [-0.39, 0.29) is 11.1 Å². The zero-order valence-corrected chi connectivity index (χ0v) is 15.7. The lowest BCUT2D eigenvalue weighted by atomic mass is 9.87. The van der Waals surface area contributed by atoms with Crippen LogP contribution in [0.4, 0.5) is 5.69 Å². The Kier molecular flexibility index (Phi) is 7.32. The van der Waals surface area contributed by atoms with Crippen LogP contribution in [0.3, 0.4) is 0 Å². The Morgan fingerprint density at radius 3 is 1.86 bits per heavy atom. The van der Waals surface area contributed by atoms with Crippen LogP contribution < -0.4 is 0 Å². The summed E-state index contributed by atoms with van der Waals surface area (Å²) in [5, 5.41) is 0. The molecule has 1 aromatic rings. The molecule has 0 atom stereocenters. The van der Waals surface area contributed by atoms with Crippen LogP contribution in [0.25, 0.3) is 0 Å². The normalized spacial score (nSPS) is 18.9. The Morgan fingerprint density at radius 1 is 0.857 bits per heavy atom. The van der Waals surface area contributed by atoms with E-state index in [1.807, 2.05) is 27.7 Å². The van der Waals surface area contributed by atoms with Crippen molar-refractivity contribution < 1.29 is 0 Å². The van der Waals surface area contributed by atoms with Gasteiger partial charge in [-0.3, -0.25) is 9.89 Å². The lowest BCUT2D eigenvalue weighted by molar-refractivity contribution is 0.0872. The van der Waals surface area contributed by atoms with Crippen molar-refractivity contribution in [3.63, 3.8) is 0 Å². The van der Waals surface area contributed by atoms with E-state index in [0.29, 0.717) is 0 Å². The summed E-state index contributed by atoms with van der Waals surface area (Å²) < 4.78 is 0. The Balaban J connectivity index is 0.000000921. The van der Waals surface area contributed by atoms with E-state index in [0.717, 1.165) is 11.4 Å². The average Bonchev–Trinajstić information content (AvgIpc) is 2.54. The number of benzene rings is 1. The molecule has 2 heteroatoms. The molecule has 0 N–H and O–H groups in total. The molecule has 0 bridgehead atoms. The summed E-state index contributed by atoms with van der Waals surface area (Å²) >= 11 is 0. The average molecular weight is 290 g/mol. The quantitative estimate of drug-likeness (QED) is 0.590. The van der Waals surface area contributed by atoms with Crippen LogP contribution in [0.1, 0.15) is 67.9 Å². The minimum Gasteiger partial charge on any atom is -0.287 e. The van der Waals surface area contributed by atoms with Gasteiger partial charge in [0.1, 0.15) is 0 Å². The van der Waals surface area contributed by atoms with Crippen molar-refractivity contribution in [1.29, 1.82) is 0 Å². The number of aliphatic imine (C=N–C) groups is 1. The van der Waals surface area contributed by atoms with Crippen molar-refractivity contribution in [3.8, 4) is 0 Å². The molecule has 2 nitrogen and oxygen atoms in total. The minimum absolute atomic E-state index is 0.0125. The fraction of sp³-hybridized carbons (Fsp3) is 0.632. The van der Waals surface area contributed by atoms with Crippen LogP contribution in [0.15, 0.2) is 29.3 Å². The first kappa shape index (κ1) is 19.9. The SMILES string of the molecule is CC.CC.CC1=Nc2ccccc2C(C)(C)N(C)C1(C)C. The van der Waals surface area contributed by atoms with Crippen LogP contribution in [0.5, 0.6) is 0 Å². The van der Waals surface area contributed by atoms with E-state index in [1.54, 1.807) is 0 Å². The zero-order chi connectivity index (χ0) is 16.8. The fourth-order valence-electron chi connectivity index (χ4n) is 2.53. The number of nitrogens with zero attached hydrogens (tertiary/aromatic N) is 2. The molecule has 1 heterocycles. The van der Waals surface area contributed by atoms with E-state index in [1.165, 1.54) is 5.56 Å². The van der Waals surface area contributed by atoms with Gasteiger partial charge in [-0.2, -0.15) is 0 Å². The topological polar surface area (TPSA) is 15.6 Å².